The number of ether oxygens (including phenoxy) is 2. The first-order valence-electron chi connectivity index (χ1n) is 11.1. The van der Waals surface area contributed by atoms with E-state index in [1.807, 2.05) is 30.3 Å². The first kappa shape index (κ1) is 22.2. The van der Waals surface area contributed by atoms with Gasteiger partial charge in [-0.15, -0.1) is 0 Å². The van der Waals surface area contributed by atoms with Crippen LogP contribution in [0.25, 0.3) is 0 Å². The zero-order valence-corrected chi connectivity index (χ0v) is 19.4. The molecule has 0 amide bonds. The minimum atomic E-state index is -0.836. The van der Waals surface area contributed by atoms with E-state index in [1.54, 1.807) is 0 Å². The Morgan fingerprint density at radius 1 is 1.23 bits per heavy atom. The van der Waals surface area contributed by atoms with Crippen molar-refractivity contribution in [3.63, 3.8) is 0 Å². The Morgan fingerprint density at radius 3 is 2.68 bits per heavy atom. The van der Waals surface area contributed by atoms with Gasteiger partial charge in [-0.25, -0.2) is 0 Å². The fourth-order valence-electron chi connectivity index (χ4n) is 5.19. The van der Waals surface area contributed by atoms with E-state index in [0.29, 0.717) is 5.92 Å². The molecule has 2 aliphatic rings. The van der Waals surface area contributed by atoms with E-state index in [4.69, 9.17) is 21.1 Å². The highest BCUT2D eigenvalue weighted by molar-refractivity contribution is 6.30. The van der Waals surface area contributed by atoms with Gasteiger partial charge < -0.3 is 14.6 Å². The fraction of sp³-hybridized carbons (Fsp3) is 0.500. The van der Waals surface area contributed by atoms with Gasteiger partial charge in [-0.2, -0.15) is 0 Å². The van der Waals surface area contributed by atoms with Crippen LogP contribution in [-0.4, -0.2) is 22.8 Å². The smallest absolute Gasteiger partial charge is 0.307 e. The molecule has 31 heavy (non-hydrogen) atoms. The van der Waals surface area contributed by atoms with Gasteiger partial charge in [0.25, 0.3) is 0 Å². The van der Waals surface area contributed by atoms with Crippen molar-refractivity contribution in [2.75, 3.05) is 0 Å². The van der Waals surface area contributed by atoms with Gasteiger partial charge in [0.05, 0.1) is 18.6 Å². The molecular weight excluding hydrogens is 412 g/mol. The van der Waals surface area contributed by atoms with Gasteiger partial charge in [-0.1, -0.05) is 43.6 Å². The zero-order chi connectivity index (χ0) is 22.3. The van der Waals surface area contributed by atoms with Crippen LogP contribution in [0.15, 0.2) is 42.5 Å². The van der Waals surface area contributed by atoms with Crippen molar-refractivity contribution in [1.29, 1.82) is 0 Å². The van der Waals surface area contributed by atoms with Crippen LogP contribution in [0.2, 0.25) is 5.02 Å². The molecule has 4 rings (SSSR count). The maximum Gasteiger partial charge on any atom is 0.307 e. The number of benzene rings is 2. The minimum absolute atomic E-state index is 0.00534. The van der Waals surface area contributed by atoms with Crippen LogP contribution < -0.4 is 4.74 Å². The van der Waals surface area contributed by atoms with Gasteiger partial charge in [0.1, 0.15) is 11.4 Å². The highest BCUT2D eigenvalue weighted by Gasteiger charge is 2.50. The third kappa shape index (κ3) is 4.61. The van der Waals surface area contributed by atoms with Crippen molar-refractivity contribution in [3.05, 3.63) is 64.2 Å². The lowest BCUT2D eigenvalue weighted by atomic mass is 9.69. The molecule has 2 heterocycles. The molecule has 0 aliphatic carbocycles. The number of carbonyl (C=O) groups is 1. The molecule has 2 aliphatic heterocycles. The van der Waals surface area contributed by atoms with E-state index in [2.05, 4.69) is 39.8 Å². The van der Waals surface area contributed by atoms with Gasteiger partial charge in [0.2, 0.25) is 0 Å². The molecule has 1 saturated heterocycles. The molecule has 0 unspecified atom stereocenters. The summed E-state index contributed by atoms with van der Waals surface area (Å²) in [5, 5.41) is 9.98. The molecule has 0 saturated carbocycles. The molecule has 2 aromatic rings. The maximum atomic E-state index is 11.3. The number of rotatable bonds is 5. The molecule has 4 atom stereocenters. The number of hydrogen-bond acceptors (Lipinski definition) is 3. The second kappa shape index (κ2) is 8.48. The molecule has 0 spiro atoms. The predicted molar refractivity (Wildman–Crippen MR) is 122 cm³/mol. The van der Waals surface area contributed by atoms with Gasteiger partial charge >= 0.3 is 5.97 Å². The van der Waals surface area contributed by atoms with Crippen LogP contribution in [0.1, 0.15) is 69.2 Å². The third-order valence-electron chi connectivity index (χ3n) is 6.63. The van der Waals surface area contributed by atoms with Crippen LogP contribution in [0, 0.1) is 11.8 Å². The standard InChI is InChI=1S/C26H31ClO4/c1-15(2)10-23-19(17-6-5-7-18(27)13-17)14-21-25(30-23)20-11-16(12-24(28)29)8-9-22(20)31-26(21,3)4/h5-9,11,13,15,19,21,23,25H,10,12,14H2,1-4H3,(H,28,29)/t19-,21-,23-,25+/m0/s1. The van der Waals surface area contributed by atoms with Gasteiger partial charge in [0, 0.05) is 22.4 Å². The molecule has 4 nitrogen and oxygen atoms in total. The Balaban J connectivity index is 1.74. The number of fused-ring (bicyclic) bond motifs is 3. The Kier molecular flexibility index (Phi) is 6.06. The van der Waals surface area contributed by atoms with Crippen LogP contribution in [0.3, 0.4) is 0 Å². The second-order valence-electron chi connectivity index (χ2n) is 9.88. The summed E-state index contributed by atoms with van der Waals surface area (Å²) in [5.41, 5.74) is 2.56. The quantitative estimate of drug-likeness (QED) is 0.580. The Hall–Kier alpha value is -2.04. The van der Waals surface area contributed by atoms with Gasteiger partial charge in [-0.3, -0.25) is 4.79 Å². The minimum Gasteiger partial charge on any atom is -0.487 e. The van der Waals surface area contributed by atoms with Gasteiger partial charge in [0.15, 0.2) is 0 Å². The first-order valence-corrected chi connectivity index (χ1v) is 11.5. The molecule has 1 N–H and O–H groups in total. The van der Waals surface area contributed by atoms with Crippen molar-refractivity contribution < 1.29 is 19.4 Å². The maximum absolute atomic E-state index is 11.3. The number of hydrogen-bond donors (Lipinski definition) is 1. The highest BCUT2D eigenvalue weighted by Crippen LogP contribution is 2.54. The van der Waals surface area contributed by atoms with Crippen LogP contribution in [0.4, 0.5) is 0 Å². The average Bonchev–Trinajstić information content (AvgIpc) is 2.67. The lowest BCUT2D eigenvalue weighted by molar-refractivity contribution is -0.162. The average molecular weight is 443 g/mol. The normalized spacial score (nSPS) is 26.6. The molecule has 0 aromatic heterocycles. The predicted octanol–water partition coefficient (Wildman–Crippen LogP) is 6.41. The second-order valence-corrected chi connectivity index (χ2v) is 10.3. The molecule has 0 bridgehead atoms. The number of carboxylic acids is 1. The van der Waals surface area contributed by atoms with E-state index >= 15 is 0 Å². The largest absolute Gasteiger partial charge is 0.487 e. The van der Waals surface area contributed by atoms with Crippen LogP contribution in [0.5, 0.6) is 5.75 Å². The Bertz CT molecular complexity index is 968. The van der Waals surface area contributed by atoms with Crippen molar-refractivity contribution in [1.82, 2.24) is 0 Å². The molecular formula is C26H31ClO4. The summed E-state index contributed by atoms with van der Waals surface area (Å²) in [7, 11) is 0. The SMILES string of the molecule is CC(C)C[C@@H]1O[C@@H]2c3cc(CC(=O)O)ccc3OC(C)(C)[C@H]2C[C@H]1c1cccc(Cl)c1. The van der Waals surface area contributed by atoms with E-state index in [1.165, 1.54) is 5.56 Å². The Labute approximate surface area is 189 Å². The third-order valence-corrected chi connectivity index (χ3v) is 6.86. The summed E-state index contributed by atoms with van der Waals surface area (Å²) < 4.78 is 13.3. The summed E-state index contributed by atoms with van der Waals surface area (Å²) in [6, 6.07) is 13.8. The number of carboxylic acid groups (broad SMARTS) is 1. The summed E-state index contributed by atoms with van der Waals surface area (Å²) in [4.78, 5) is 11.3. The van der Waals surface area contributed by atoms with E-state index in [-0.39, 0.29) is 30.5 Å². The highest BCUT2D eigenvalue weighted by atomic mass is 35.5. The van der Waals surface area contributed by atoms with E-state index < -0.39 is 11.6 Å². The zero-order valence-electron chi connectivity index (χ0n) is 18.6. The number of halogens is 1. The molecule has 5 heteroatoms. The van der Waals surface area contributed by atoms with Crippen molar-refractivity contribution >= 4 is 17.6 Å². The monoisotopic (exact) mass is 442 g/mol. The van der Waals surface area contributed by atoms with Crippen LogP contribution >= 0.6 is 11.6 Å². The van der Waals surface area contributed by atoms with E-state index in [9.17, 15) is 9.90 Å². The lowest BCUT2D eigenvalue weighted by Gasteiger charge is -2.51. The van der Waals surface area contributed by atoms with Crippen molar-refractivity contribution in [2.24, 2.45) is 11.8 Å². The number of aliphatic carboxylic acids is 1. The molecule has 1 fully saturated rings. The first-order chi connectivity index (χ1) is 14.6. The van der Waals surface area contributed by atoms with Gasteiger partial charge in [-0.05, 0) is 68.0 Å². The summed E-state index contributed by atoms with van der Waals surface area (Å²) in [6.45, 7) is 8.69. The summed E-state index contributed by atoms with van der Waals surface area (Å²) >= 11 is 6.32. The Morgan fingerprint density at radius 2 is 2.00 bits per heavy atom. The summed E-state index contributed by atoms with van der Waals surface area (Å²) in [6.07, 6.45) is 1.81. The van der Waals surface area contributed by atoms with Crippen LogP contribution in [-0.2, 0) is 16.0 Å². The fourth-order valence-corrected chi connectivity index (χ4v) is 5.39. The lowest BCUT2D eigenvalue weighted by Crippen LogP contribution is -2.50. The topological polar surface area (TPSA) is 55.8 Å². The summed E-state index contributed by atoms with van der Waals surface area (Å²) in [5.74, 6) is 0.831. The van der Waals surface area contributed by atoms with Crippen molar-refractivity contribution in [3.8, 4) is 5.75 Å². The van der Waals surface area contributed by atoms with Crippen molar-refractivity contribution in [2.45, 2.75) is 70.7 Å². The molecule has 2 aromatic carbocycles. The molecule has 166 valence electrons. The molecule has 0 radical (unpaired) electrons. The van der Waals surface area contributed by atoms with E-state index in [0.717, 1.165) is 34.7 Å².